The molecule has 0 atom stereocenters. The maximum absolute atomic E-state index is 11.3. The van der Waals surface area contributed by atoms with Crippen LogP contribution in [0.2, 0.25) is 0 Å². The van der Waals surface area contributed by atoms with Gasteiger partial charge >= 0.3 is 82.9 Å². The Bertz CT molecular complexity index is 148. The molecule has 0 N–H and O–H groups in total. The van der Waals surface area contributed by atoms with Crippen molar-refractivity contribution in [3.05, 3.63) is 0 Å². The predicted molar refractivity (Wildman–Crippen MR) is 39.3 cm³/mol. The SMILES string of the molecule is C[I-]OCC(=O)N1CCOCC1. The molecule has 4 nitrogen and oxygen atoms in total. The fourth-order valence-corrected chi connectivity index (χ4v) is 1.58. The van der Waals surface area contributed by atoms with Crippen molar-refractivity contribution in [2.75, 3.05) is 37.8 Å². The van der Waals surface area contributed by atoms with Crippen LogP contribution in [-0.4, -0.2) is 48.6 Å². The predicted octanol–water partition coefficient (Wildman–Crippen LogP) is -3.50. The fourth-order valence-electron chi connectivity index (χ4n) is 1.01. The first-order chi connectivity index (χ1) is 5.84. The molecule has 5 heteroatoms. The van der Waals surface area contributed by atoms with Crippen LogP contribution in [-0.2, 0) is 12.6 Å². The van der Waals surface area contributed by atoms with Crippen LogP contribution in [0.4, 0.5) is 0 Å². The number of hydrogen-bond acceptors (Lipinski definition) is 3. The zero-order chi connectivity index (χ0) is 8.81. The number of halogens is 1. The number of amides is 1. The van der Waals surface area contributed by atoms with Gasteiger partial charge in [-0.25, -0.2) is 0 Å². The second-order valence-corrected chi connectivity index (χ2v) is 3.90. The van der Waals surface area contributed by atoms with Crippen molar-refractivity contribution in [3.63, 3.8) is 0 Å². The Balaban J connectivity index is 2.20. The summed E-state index contributed by atoms with van der Waals surface area (Å²) in [6, 6.07) is 0. The first kappa shape index (κ1) is 10.2. The molecular formula is C7H13INO3-. The van der Waals surface area contributed by atoms with Crippen LogP contribution in [0.15, 0.2) is 0 Å². The first-order valence-corrected chi connectivity index (χ1v) is 6.85. The fraction of sp³-hybridized carbons (Fsp3) is 0.857. The van der Waals surface area contributed by atoms with E-state index in [1.165, 1.54) is 0 Å². The van der Waals surface area contributed by atoms with Gasteiger partial charge in [-0.15, -0.1) is 0 Å². The van der Waals surface area contributed by atoms with E-state index < -0.39 is 0 Å². The van der Waals surface area contributed by atoms with E-state index in [0.717, 1.165) is 0 Å². The summed E-state index contributed by atoms with van der Waals surface area (Å²) in [5.41, 5.74) is 0. The minimum absolute atomic E-state index is 0.0971. The molecule has 1 aliphatic rings. The summed E-state index contributed by atoms with van der Waals surface area (Å²) < 4.78 is 10.3. The van der Waals surface area contributed by atoms with Gasteiger partial charge in [-0.3, -0.25) is 0 Å². The number of morpholine rings is 1. The topological polar surface area (TPSA) is 38.8 Å². The Kier molecular flexibility index (Phi) is 4.86. The molecule has 0 unspecified atom stereocenters. The Morgan fingerprint density at radius 2 is 2.25 bits per heavy atom. The zero-order valence-corrected chi connectivity index (χ0v) is 9.24. The van der Waals surface area contributed by atoms with Gasteiger partial charge < -0.3 is 0 Å². The standard InChI is InChI=1S/C7H13INO3/c1-8-12-6-7(10)9-2-4-11-5-3-9/h2-6H2,1H3/q-1. The Morgan fingerprint density at radius 3 is 2.83 bits per heavy atom. The molecule has 0 bridgehead atoms. The molecule has 0 aliphatic carbocycles. The second-order valence-electron chi connectivity index (χ2n) is 2.40. The van der Waals surface area contributed by atoms with Crippen molar-refractivity contribution in [1.82, 2.24) is 4.90 Å². The molecule has 1 heterocycles. The van der Waals surface area contributed by atoms with Crippen LogP contribution < -0.4 is 21.6 Å². The molecule has 0 aromatic heterocycles. The Labute approximate surface area is 83.0 Å². The van der Waals surface area contributed by atoms with Crippen LogP contribution in [0.1, 0.15) is 0 Å². The molecule has 0 aromatic carbocycles. The van der Waals surface area contributed by atoms with E-state index in [4.69, 9.17) is 7.80 Å². The number of rotatable bonds is 3. The van der Waals surface area contributed by atoms with E-state index in [0.29, 0.717) is 26.3 Å². The van der Waals surface area contributed by atoms with Crippen LogP contribution in [0.3, 0.4) is 0 Å². The van der Waals surface area contributed by atoms with E-state index in [9.17, 15) is 4.79 Å². The molecule has 0 aromatic rings. The van der Waals surface area contributed by atoms with Crippen molar-refractivity contribution >= 4 is 5.91 Å². The molecule has 0 radical (unpaired) electrons. The van der Waals surface area contributed by atoms with Gasteiger partial charge in [0, 0.05) is 0 Å². The van der Waals surface area contributed by atoms with Crippen molar-refractivity contribution in [2.45, 2.75) is 0 Å². The molecule has 1 aliphatic heterocycles. The Hall–Kier alpha value is 0.120. The molecule has 1 fully saturated rings. The van der Waals surface area contributed by atoms with Gasteiger partial charge in [-0.2, -0.15) is 0 Å². The third kappa shape index (κ3) is 3.24. The van der Waals surface area contributed by atoms with E-state index in [1.807, 2.05) is 4.93 Å². The normalized spacial score (nSPS) is 18.2. The van der Waals surface area contributed by atoms with Crippen molar-refractivity contribution in [2.24, 2.45) is 0 Å². The number of carbonyl (C=O) groups excluding carboxylic acids is 1. The van der Waals surface area contributed by atoms with E-state index in [-0.39, 0.29) is 34.1 Å². The molecule has 72 valence electrons. The van der Waals surface area contributed by atoms with Gasteiger partial charge in [0.2, 0.25) is 0 Å². The first-order valence-electron chi connectivity index (χ1n) is 3.81. The van der Waals surface area contributed by atoms with Gasteiger partial charge in [0.1, 0.15) is 0 Å². The number of carbonyl (C=O) groups is 1. The van der Waals surface area contributed by atoms with Crippen LogP contribution in [0, 0.1) is 0 Å². The summed E-state index contributed by atoms with van der Waals surface area (Å²) in [4.78, 5) is 15.1. The number of alkyl halides is 1. The molecule has 1 rings (SSSR count). The van der Waals surface area contributed by atoms with Crippen LogP contribution in [0.5, 0.6) is 0 Å². The molecule has 1 saturated heterocycles. The quantitative estimate of drug-likeness (QED) is 0.399. The molecular weight excluding hydrogens is 273 g/mol. The summed E-state index contributed by atoms with van der Waals surface area (Å²) in [7, 11) is 0. The molecule has 0 spiro atoms. The van der Waals surface area contributed by atoms with Gasteiger partial charge in [0.15, 0.2) is 0 Å². The third-order valence-corrected chi connectivity index (χ3v) is 2.59. The number of ether oxygens (including phenoxy) is 1. The van der Waals surface area contributed by atoms with Gasteiger partial charge in [-0.05, 0) is 0 Å². The third-order valence-electron chi connectivity index (χ3n) is 1.65. The summed E-state index contributed by atoms with van der Waals surface area (Å²) in [6.07, 6.45) is 0. The average Bonchev–Trinajstić information content (AvgIpc) is 2.15. The second kappa shape index (κ2) is 5.71. The zero-order valence-electron chi connectivity index (χ0n) is 7.09. The summed E-state index contributed by atoms with van der Waals surface area (Å²) in [6.45, 7) is 3.00. The van der Waals surface area contributed by atoms with E-state index in [2.05, 4.69) is 0 Å². The average molecular weight is 286 g/mol. The van der Waals surface area contributed by atoms with Crippen LogP contribution in [0.25, 0.3) is 0 Å². The number of nitrogens with zero attached hydrogens (tertiary/aromatic N) is 1. The van der Waals surface area contributed by atoms with Crippen molar-refractivity contribution < 1.29 is 34.2 Å². The van der Waals surface area contributed by atoms with E-state index >= 15 is 0 Å². The van der Waals surface area contributed by atoms with Gasteiger partial charge in [0.05, 0.1) is 0 Å². The van der Waals surface area contributed by atoms with E-state index in [1.54, 1.807) is 4.90 Å². The van der Waals surface area contributed by atoms with Crippen LogP contribution >= 0.6 is 0 Å². The maximum atomic E-state index is 11.3. The van der Waals surface area contributed by atoms with Gasteiger partial charge in [0.25, 0.3) is 0 Å². The molecule has 0 saturated carbocycles. The number of hydrogen-bond donors (Lipinski definition) is 0. The minimum atomic E-state index is -0.228. The summed E-state index contributed by atoms with van der Waals surface area (Å²) in [5, 5.41) is 0. The van der Waals surface area contributed by atoms with Crippen molar-refractivity contribution in [3.8, 4) is 0 Å². The molecule has 1 amide bonds. The molecule has 12 heavy (non-hydrogen) atoms. The Morgan fingerprint density at radius 1 is 1.58 bits per heavy atom. The van der Waals surface area contributed by atoms with Crippen molar-refractivity contribution in [1.29, 1.82) is 0 Å². The summed E-state index contributed by atoms with van der Waals surface area (Å²) in [5.74, 6) is 0.0971. The monoisotopic (exact) mass is 286 g/mol. The summed E-state index contributed by atoms with van der Waals surface area (Å²) >= 11 is -0.228. The van der Waals surface area contributed by atoms with Gasteiger partial charge in [-0.1, -0.05) is 0 Å².